The molecule has 4 aliphatic rings. The maximum atomic E-state index is 12.1. The molecule has 0 aliphatic heterocycles. The van der Waals surface area contributed by atoms with Crippen LogP contribution in [0.4, 0.5) is 0 Å². The van der Waals surface area contributed by atoms with Gasteiger partial charge in [0.2, 0.25) is 0 Å². The van der Waals surface area contributed by atoms with Crippen molar-refractivity contribution < 1.29 is 9.90 Å². The van der Waals surface area contributed by atoms with Crippen molar-refractivity contribution in [2.24, 2.45) is 34.5 Å². The van der Waals surface area contributed by atoms with Gasteiger partial charge < -0.3 is 5.11 Å². The van der Waals surface area contributed by atoms with E-state index >= 15 is 0 Å². The van der Waals surface area contributed by atoms with Gasteiger partial charge in [-0.15, -0.1) is 0 Å². The minimum Gasteiger partial charge on any atom is -0.393 e. The summed E-state index contributed by atoms with van der Waals surface area (Å²) in [6, 6.07) is 0. The Kier molecular flexibility index (Phi) is 3.58. The van der Waals surface area contributed by atoms with Crippen LogP contribution in [-0.2, 0) is 4.79 Å². The number of carbonyl (C=O) groups excluding carboxylic acids is 1. The number of aliphatic hydroxyl groups excluding tert-OH is 1. The van der Waals surface area contributed by atoms with Gasteiger partial charge >= 0.3 is 0 Å². The standard InChI is InChI=1S/C21H32O2/c1-13(22)17-6-7-18-16-5-4-14-12-15(23)8-10-20(14,2)19(16)9-11-21(17,18)3/h7,14-17,19,23H,4-6,8-12H2,1-3H3. The van der Waals surface area contributed by atoms with E-state index < -0.39 is 0 Å². The molecule has 0 heterocycles. The van der Waals surface area contributed by atoms with Crippen molar-refractivity contribution in [2.45, 2.75) is 78.2 Å². The summed E-state index contributed by atoms with van der Waals surface area (Å²) in [6.45, 7) is 6.67. The fourth-order valence-electron chi connectivity index (χ4n) is 7.18. The maximum absolute atomic E-state index is 12.1. The second kappa shape index (κ2) is 5.18. The summed E-state index contributed by atoms with van der Waals surface area (Å²) in [4.78, 5) is 12.1. The molecule has 7 unspecified atom stereocenters. The highest BCUT2D eigenvalue weighted by Gasteiger charge is 2.57. The number of allylic oxidation sites excluding steroid dienone is 2. The number of fused-ring (bicyclic) bond motifs is 5. The Hall–Kier alpha value is -0.630. The number of hydrogen-bond acceptors (Lipinski definition) is 2. The third-order valence-electron chi connectivity index (χ3n) is 8.53. The third-order valence-corrected chi connectivity index (χ3v) is 8.53. The Morgan fingerprint density at radius 1 is 1.17 bits per heavy atom. The van der Waals surface area contributed by atoms with Crippen molar-refractivity contribution in [1.82, 2.24) is 0 Å². The number of ketones is 1. The number of Topliss-reactive ketones (excluding diaryl/α,β-unsaturated/α-hetero) is 1. The van der Waals surface area contributed by atoms with Crippen LogP contribution in [0.2, 0.25) is 0 Å². The molecular formula is C21H32O2. The van der Waals surface area contributed by atoms with E-state index in [-0.39, 0.29) is 17.4 Å². The molecule has 3 fully saturated rings. The molecule has 2 nitrogen and oxygen atoms in total. The van der Waals surface area contributed by atoms with Crippen molar-refractivity contribution >= 4 is 5.78 Å². The van der Waals surface area contributed by atoms with E-state index in [1.54, 1.807) is 12.5 Å². The molecule has 0 amide bonds. The van der Waals surface area contributed by atoms with Gasteiger partial charge in [-0.25, -0.2) is 0 Å². The highest BCUT2D eigenvalue weighted by atomic mass is 16.3. The zero-order valence-corrected chi connectivity index (χ0v) is 15.0. The van der Waals surface area contributed by atoms with Crippen LogP contribution in [0.15, 0.2) is 11.6 Å². The Balaban J connectivity index is 1.64. The average molecular weight is 316 g/mol. The number of rotatable bonds is 1. The lowest BCUT2D eigenvalue weighted by molar-refractivity contribution is -0.125. The minimum absolute atomic E-state index is 0.0636. The molecule has 0 aromatic carbocycles. The van der Waals surface area contributed by atoms with Crippen LogP contribution < -0.4 is 0 Å². The van der Waals surface area contributed by atoms with Gasteiger partial charge in [0.25, 0.3) is 0 Å². The summed E-state index contributed by atoms with van der Waals surface area (Å²) in [7, 11) is 0. The van der Waals surface area contributed by atoms with Gasteiger partial charge in [-0.1, -0.05) is 25.5 Å². The average Bonchev–Trinajstić information content (AvgIpc) is 2.85. The number of hydrogen-bond donors (Lipinski definition) is 1. The largest absolute Gasteiger partial charge is 0.393 e. The molecule has 128 valence electrons. The molecule has 0 spiro atoms. The second-order valence-electron chi connectivity index (χ2n) is 9.44. The van der Waals surface area contributed by atoms with Crippen molar-refractivity contribution in [1.29, 1.82) is 0 Å². The van der Waals surface area contributed by atoms with Gasteiger partial charge in [0.05, 0.1) is 6.10 Å². The zero-order valence-electron chi connectivity index (χ0n) is 15.0. The van der Waals surface area contributed by atoms with Gasteiger partial charge in [-0.2, -0.15) is 0 Å². The molecule has 0 aromatic heterocycles. The summed E-state index contributed by atoms with van der Waals surface area (Å²) in [5.74, 6) is 2.81. The first-order chi connectivity index (χ1) is 10.9. The predicted octanol–water partition coefficient (Wildman–Crippen LogP) is 4.52. The van der Waals surface area contributed by atoms with Crippen LogP contribution in [0.1, 0.15) is 72.1 Å². The summed E-state index contributed by atoms with van der Waals surface area (Å²) >= 11 is 0. The molecule has 0 saturated heterocycles. The lowest BCUT2D eigenvalue weighted by atomic mass is 9.46. The fourth-order valence-corrected chi connectivity index (χ4v) is 7.18. The number of carbonyl (C=O) groups is 1. The van der Waals surface area contributed by atoms with E-state index in [1.165, 1.54) is 32.1 Å². The molecule has 0 bridgehead atoms. The van der Waals surface area contributed by atoms with Gasteiger partial charge in [-0.05, 0) is 86.9 Å². The van der Waals surface area contributed by atoms with Crippen LogP contribution in [0.3, 0.4) is 0 Å². The highest BCUT2D eigenvalue weighted by molar-refractivity contribution is 5.80. The quantitative estimate of drug-likeness (QED) is 0.722. The SMILES string of the molecule is CC(=O)C1CC=C2C3CCC4CC(O)CCC4(C)C3CCC21C. The van der Waals surface area contributed by atoms with Crippen molar-refractivity contribution in [3.63, 3.8) is 0 Å². The first kappa shape index (κ1) is 15.9. The molecule has 1 N–H and O–H groups in total. The number of aliphatic hydroxyl groups is 1. The smallest absolute Gasteiger partial charge is 0.134 e. The monoisotopic (exact) mass is 316 g/mol. The van der Waals surface area contributed by atoms with Gasteiger partial charge in [0.1, 0.15) is 5.78 Å². The molecule has 3 saturated carbocycles. The molecular weight excluding hydrogens is 284 g/mol. The Morgan fingerprint density at radius 3 is 2.70 bits per heavy atom. The summed E-state index contributed by atoms with van der Waals surface area (Å²) in [5.41, 5.74) is 2.20. The Labute approximate surface area is 140 Å². The van der Waals surface area contributed by atoms with Crippen molar-refractivity contribution in [3.8, 4) is 0 Å². The zero-order chi connectivity index (χ0) is 16.4. The predicted molar refractivity (Wildman–Crippen MR) is 91.9 cm³/mol. The van der Waals surface area contributed by atoms with E-state index in [4.69, 9.17) is 0 Å². The maximum Gasteiger partial charge on any atom is 0.134 e. The Bertz CT molecular complexity index is 550. The third kappa shape index (κ3) is 2.13. The highest BCUT2D eigenvalue weighted by Crippen LogP contribution is 2.65. The Morgan fingerprint density at radius 2 is 1.96 bits per heavy atom. The van der Waals surface area contributed by atoms with Gasteiger partial charge in [0, 0.05) is 5.92 Å². The molecule has 2 heteroatoms. The van der Waals surface area contributed by atoms with Gasteiger partial charge in [-0.3, -0.25) is 4.79 Å². The van der Waals surface area contributed by atoms with Crippen molar-refractivity contribution in [3.05, 3.63) is 11.6 Å². The van der Waals surface area contributed by atoms with E-state index in [1.807, 2.05) is 0 Å². The molecule has 4 aliphatic carbocycles. The van der Waals surface area contributed by atoms with E-state index in [2.05, 4.69) is 19.9 Å². The molecule has 4 rings (SSSR count). The topological polar surface area (TPSA) is 37.3 Å². The van der Waals surface area contributed by atoms with Crippen LogP contribution >= 0.6 is 0 Å². The second-order valence-corrected chi connectivity index (χ2v) is 9.44. The fraction of sp³-hybridized carbons (Fsp3) is 0.857. The van der Waals surface area contributed by atoms with Crippen LogP contribution in [-0.4, -0.2) is 17.0 Å². The normalized spacial score (nSPS) is 52.2. The van der Waals surface area contributed by atoms with E-state index in [0.29, 0.717) is 23.0 Å². The first-order valence-corrected chi connectivity index (χ1v) is 9.75. The van der Waals surface area contributed by atoms with E-state index in [9.17, 15) is 9.90 Å². The van der Waals surface area contributed by atoms with Crippen LogP contribution in [0, 0.1) is 34.5 Å². The van der Waals surface area contributed by atoms with Crippen LogP contribution in [0.5, 0.6) is 0 Å². The molecule has 0 aromatic rings. The van der Waals surface area contributed by atoms with Crippen molar-refractivity contribution in [2.75, 3.05) is 0 Å². The summed E-state index contributed by atoms with van der Waals surface area (Å²) in [6.07, 6.45) is 11.6. The lowest BCUT2D eigenvalue weighted by Gasteiger charge is -2.59. The molecule has 23 heavy (non-hydrogen) atoms. The minimum atomic E-state index is -0.0636. The van der Waals surface area contributed by atoms with Gasteiger partial charge in [0.15, 0.2) is 0 Å². The first-order valence-electron chi connectivity index (χ1n) is 9.75. The lowest BCUT2D eigenvalue weighted by Crippen LogP contribution is -2.52. The summed E-state index contributed by atoms with van der Waals surface area (Å²) in [5, 5.41) is 10.1. The molecule has 7 atom stereocenters. The summed E-state index contributed by atoms with van der Waals surface area (Å²) < 4.78 is 0. The molecule has 0 radical (unpaired) electrons. The van der Waals surface area contributed by atoms with Crippen LogP contribution in [0.25, 0.3) is 0 Å². The van der Waals surface area contributed by atoms with E-state index in [0.717, 1.165) is 25.2 Å².